The standard InChI is InChI=1S/C24H24N2O/c1-18-2-4-19(5-3-18)14-24(27)15-20-6-8-23(9-7-20)26-13-11-21-10-12-25-16-22(21)17-26/h2-10,12,16H,11,13-15,17H2,1H3. The minimum Gasteiger partial charge on any atom is -0.367 e. The molecule has 0 bridgehead atoms. The SMILES string of the molecule is Cc1ccc(CC(=O)Cc2ccc(N3CCc4ccncc4C3)cc2)cc1. The average molecular weight is 356 g/mol. The number of Topliss-reactive ketones (excluding diaryl/α,β-unsaturated/α-hetero) is 1. The molecule has 0 aliphatic carbocycles. The van der Waals surface area contributed by atoms with Gasteiger partial charge in [0, 0.05) is 44.0 Å². The monoisotopic (exact) mass is 356 g/mol. The lowest BCUT2D eigenvalue weighted by atomic mass is 10.00. The van der Waals surface area contributed by atoms with Crippen LogP contribution in [0.4, 0.5) is 5.69 Å². The van der Waals surface area contributed by atoms with Gasteiger partial charge in [-0.1, -0.05) is 42.0 Å². The second kappa shape index (κ2) is 7.75. The van der Waals surface area contributed by atoms with Gasteiger partial charge in [0.05, 0.1) is 0 Å². The molecule has 1 aromatic heterocycles. The molecule has 0 saturated carbocycles. The topological polar surface area (TPSA) is 33.2 Å². The summed E-state index contributed by atoms with van der Waals surface area (Å²) in [6, 6.07) is 18.8. The van der Waals surface area contributed by atoms with Crippen molar-refractivity contribution in [1.29, 1.82) is 0 Å². The van der Waals surface area contributed by atoms with Crippen molar-refractivity contribution < 1.29 is 4.79 Å². The van der Waals surface area contributed by atoms with E-state index < -0.39 is 0 Å². The van der Waals surface area contributed by atoms with Gasteiger partial charge < -0.3 is 4.90 Å². The third-order valence-corrected chi connectivity index (χ3v) is 5.24. The molecule has 27 heavy (non-hydrogen) atoms. The highest BCUT2D eigenvalue weighted by Gasteiger charge is 2.16. The number of aromatic nitrogens is 1. The number of carbonyl (C=O) groups is 1. The van der Waals surface area contributed by atoms with Crippen molar-refractivity contribution in [2.75, 3.05) is 11.4 Å². The molecule has 0 saturated heterocycles. The summed E-state index contributed by atoms with van der Waals surface area (Å²) in [7, 11) is 0. The predicted octanol–water partition coefficient (Wildman–Crippen LogP) is 4.31. The van der Waals surface area contributed by atoms with Gasteiger partial charge in [0.2, 0.25) is 0 Å². The molecule has 0 amide bonds. The van der Waals surface area contributed by atoms with Crippen LogP contribution in [0.15, 0.2) is 67.0 Å². The van der Waals surface area contributed by atoms with Crippen LogP contribution in [0, 0.1) is 6.92 Å². The van der Waals surface area contributed by atoms with Crippen molar-refractivity contribution in [3.05, 3.63) is 94.8 Å². The molecule has 3 nitrogen and oxygen atoms in total. The molecule has 136 valence electrons. The molecule has 2 aromatic carbocycles. The Morgan fingerprint density at radius 3 is 2.30 bits per heavy atom. The first-order valence-electron chi connectivity index (χ1n) is 9.50. The van der Waals surface area contributed by atoms with E-state index in [1.165, 1.54) is 22.4 Å². The van der Waals surface area contributed by atoms with Gasteiger partial charge in [-0.2, -0.15) is 0 Å². The van der Waals surface area contributed by atoms with E-state index in [9.17, 15) is 4.79 Å². The van der Waals surface area contributed by atoms with Crippen molar-refractivity contribution in [2.45, 2.75) is 32.7 Å². The second-order valence-electron chi connectivity index (χ2n) is 7.36. The van der Waals surface area contributed by atoms with E-state index in [4.69, 9.17) is 0 Å². The highest BCUT2D eigenvalue weighted by atomic mass is 16.1. The summed E-state index contributed by atoms with van der Waals surface area (Å²) in [5, 5.41) is 0. The van der Waals surface area contributed by atoms with Gasteiger partial charge in [0.15, 0.2) is 0 Å². The lowest BCUT2D eigenvalue weighted by Crippen LogP contribution is -2.30. The largest absolute Gasteiger partial charge is 0.367 e. The molecule has 0 N–H and O–H groups in total. The lowest BCUT2D eigenvalue weighted by Gasteiger charge is -2.30. The summed E-state index contributed by atoms with van der Waals surface area (Å²) < 4.78 is 0. The highest BCUT2D eigenvalue weighted by molar-refractivity contribution is 5.83. The first-order chi connectivity index (χ1) is 13.2. The van der Waals surface area contributed by atoms with Gasteiger partial charge in [-0.25, -0.2) is 0 Å². The van der Waals surface area contributed by atoms with Crippen molar-refractivity contribution in [3.63, 3.8) is 0 Å². The van der Waals surface area contributed by atoms with Crippen molar-refractivity contribution in [1.82, 2.24) is 4.98 Å². The molecular formula is C24H24N2O. The van der Waals surface area contributed by atoms with Gasteiger partial charge in [0.1, 0.15) is 5.78 Å². The van der Waals surface area contributed by atoms with Crippen molar-refractivity contribution >= 4 is 11.5 Å². The number of rotatable bonds is 5. The fourth-order valence-electron chi connectivity index (χ4n) is 3.65. The summed E-state index contributed by atoms with van der Waals surface area (Å²) in [6.45, 7) is 3.97. The first-order valence-corrected chi connectivity index (χ1v) is 9.50. The fraction of sp³-hybridized carbons (Fsp3) is 0.250. The molecule has 0 radical (unpaired) electrons. The number of anilines is 1. The molecule has 3 aromatic rings. The Bertz CT molecular complexity index is 929. The maximum Gasteiger partial charge on any atom is 0.141 e. The second-order valence-corrected chi connectivity index (χ2v) is 7.36. The van der Waals surface area contributed by atoms with Gasteiger partial charge >= 0.3 is 0 Å². The van der Waals surface area contributed by atoms with Crippen molar-refractivity contribution in [3.8, 4) is 0 Å². The summed E-state index contributed by atoms with van der Waals surface area (Å²) in [6.07, 6.45) is 5.88. The van der Waals surface area contributed by atoms with Crippen LogP contribution >= 0.6 is 0 Å². The van der Waals surface area contributed by atoms with E-state index >= 15 is 0 Å². The molecule has 0 fully saturated rings. The predicted molar refractivity (Wildman–Crippen MR) is 109 cm³/mol. The number of hydrogen-bond acceptors (Lipinski definition) is 3. The van der Waals surface area contributed by atoms with E-state index in [1.807, 2.05) is 24.5 Å². The Morgan fingerprint density at radius 2 is 1.59 bits per heavy atom. The molecule has 0 unspecified atom stereocenters. The number of ketones is 1. The maximum absolute atomic E-state index is 12.4. The van der Waals surface area contributed by atoms with E-state index in [1.54, 1.807) is 0 Å². The summed E-state index contributed by atoms with van der Waals surface area (Å²) in [5.74, 6) is 0.254. The molecule has 1 aliphatic rings. The van der Waals surface area contributed by atoms with Crippen molar-refractivity contribution in [2.24, 2.45) is 0 Å². The van der Waals surface area contributed by atoms with Gasteiger partial charge in [-0.05, 0) is 53.8 Å². The van der Waals surface area contributed by atoms with Gasteiger partial charge in [0.25, 0.3) is 0 Å². The number of carbonyl (C=O) groups excluding carboxylic acids is 1. The van der Waals surface area contributed by atoms with Crippen LogP contribution in [0.5, 0.6) is 0 Å². The van der Waals surface area contributed by atoms with E-state index in [-0.39, 0.29) is 5.78 Å². The molecule has 4 rings (SSSR count). The molecule has 0 atom stereocenters. The smallest absolute Gasteiger partial charge is 0.141 e. The molecule has 0 spiro atoms. The Hall–Kier alpha value is -2.94. The maximum atomic E-state index is 12.4. The number of nitrogens with zero attached hydrogens (tertiary/aromatic N) is 2. The Balaban J connectivity index is 1.38. The zero-order chi connectivity index (χ0) is 18.6. The highest BCUT2D eigenvalue weighted by Crippen LogP contribution is 2.24. The summed E-state index contributed by atoms with van der Waals surface area (Å²) in [4.78, 5) is 19.0. The number of fused-ring (bicyclic) bond motifs is 1. The zero-order valence-corrected chi connectivity index (χ0v) is 15.7. The quantitative estimate of drug-likeness (QED) is 0.683. The summed E-state index contributed by atoms with van der Waals surface area (Å²) >= 11 is 0. The van der Waals surface area contributed by atoms with E-state index in [2.05, 4.69) is 59.3 Å². The minimum atomic E-state index is 0.254. The number of pyridine rings is 1. The average Bonchev–Trinajstić information content (AvgIpc) is 2.70. The molecule has 1 aliphatic heterocycles. The van der Waals surface area contributed by atoms with Crippen LogP contribution in [-0.4, -0.2) is 17.3 Å². The normalized spacial score (nSPS) is 13.3. The fourth-order valence-corrected chi connectivity index (χ4v) is 3.65. The van der Waals surface area contributed by atoms with Crippen LogP contribution in [0.3, 0.4) is 0 Å². The third-order valence-electron chi connectivity index (χ3n) is 5.24. The molecule has 3 heteroatoms. The van der Waals surface area contributed by atoms with Crippen LogP contribution in [0.2, 0.25) is 0 Å². The zero-order valence-electron chi connectivity index (χ0n) is 15.7. The minimum absolute atomic E-state index is 0.254. The lowest BCUT2D eigenvalue weighted by molar-refractivity contribution is -0.117. The Labute approximate surface area is 160 Å². The van der Waals surface area contributed by atoms with Crippen LogP contribution in [-0.2, 0) is 30.6 Å². The van der Waals surface area contributed by atoms with Gasteiger partial charge in [-0.15, -0.1) is 0 Å². The first kappa shape index (κ1) is 17.5. The third kappa shape index (κ3) is 4.25. The number of benzene rings is 2. The number of aryl methyl sites for hydroxylation is 1. The van der Waals surface area contributed by atoms with E-state index in [0.717, 1.165) is 30.6 Å². The Morgan fingerprint density at radius 1 is 0.926 bits per heavy atom. The van der Waals surface area contributed by atoms with E-state index in [0.29, 0.717) is 12.8 Å². The molecule has 2 heterocycles. The molecular weight excluding hydrogens is 332 g/mol. The Kier molecular flexibility index (Phi) is 5.01. The van der Waals surface area contributed by atoms with Gasteiger partial charge in [-0.3, -0.25) is 9.78 Å². The summed E-state index contributed by atoms with van der Waals surface area (Å²) in [5.41, 5.74) is 7.30. The number of hydrogen-bond donors (Lipinski definition) is 0. The van der Waals surface area contributed by atoms with Crippen LogP contribution in [0.25, 0.3) is 0 Å². The van der Waals surface area contributed by atoms with Crippen LogP contribution in [0.1, 0.15) is 27.8 Å². The van der Waals surface area contributed by atoms with Crippen LogP contribution < -0.4 is 4.90 Å².